The maximum Gasteiger partial charge on any atom is 0.166 e. The molecule has 92 valence electrons. The van der Waals surface area contributed by atoms with Crippen molar-refractivity contribution in [3.63, 3.8) is 0 Å². The van der Waals surface area contributed by atoms with Gasteiger partial charge in [-0.25, -0.2) is 0 Å². The van der Waals surface area contributed by atoms with E-state index >= 15 is 0 Å². The van der Waals surface area contributed by atoms with Gasteiger partial charge in [-0.15, -0.1) is 0 Å². The van der Waals surface area contributed by atoms with Gasteiger partial charge in [0.1, 0.15) is 0 Å². The molecular formula is C16H22O. The Balaban J connectivity index is 2.34. The van der Waals surface area contributed by atoms with E-state index in [0.717, 1.165) is 17.5 Å². The maximum absolute atomic E-state index is 12.5. The molecule has 0 bridgehead atoms. The molecule has 1 nitrogen and oxygen atoms in total. The molecule has 0 spiro atoms. The van der Waals surface area contributed by atoms with E-state index in [1.54, 1.807) is 0 Å². The Morgan fingerprint density at radius 2 is 1.71 bits per heavy atom. The minimum Gasteiger partial charge on any atom is -0.294 e. The number of aryl methyl sites for hydroxylation is 3. The van der Waals surface area contributed by atoms with E-state index in [9.17, 15) is 4.79 Å². The summed E-state index contributed by atoms with van der Waals surface area (Å²) in [7, 11) is 0. The molecule has 0 radical (unpaired) electrons. The number of Topliss-reactive ketones (excluding diaryl/α,β-unsaturated/α-hetero) is 1. The number of rotatable bonds is 2. The Hall–Kier alpha value is -1.11. The van der Waals surface area contributed by atoms with Gasteiger partial charge in [0, 0.05) is 11.5 Å². The quantitative estimate of drug-likeness (QED) is 0.695. The average Bonchev–Trinajstić information content (AvgIpc) is 2.69. The zero-order valence-corrected chi connectivity index (χ0v) is 11.3. The summed E-state index contributed by atoms with van der Waals surface area (Å²) in [5.41, 5.74) is 4.59. The van der Waals surface area contributed by atoms with Crippen LogP contribution in [0.2, 0.25) is 0 Å². The van der Waals surface area contributed by atoms with Crippen molar-refractivity contribution < 1.29 is 4.79 Å². The lowest BCUT2D eigenvalue weighted by Crippen LogP contribution is -2.18. The zero-order valence-electron chi connectivity index (χ0n) is 11.3. The topological polar surface area (TPSA) is 17.1 Å². The van der Waals surface area contributed by atoms with E-state index in [-0.39, 0.29) is 5.92 Å². The molecule has 1 aromatic carbocycles. The fourth-order valence-corrected chi connectivity index (χ4v) is 2.96. The van der Waals surface area contributed by atoms with E-state index in [0.29, 0.717) is 11.7 Å². The molecular weight excluding hydrogens is 208 g/mol. The summed E-state index contributed by atoms with van der Waals surface area (Å²) in [5, 5.41) is 0. The van der Waals surface area contributed by atoms with Crippen LogP contribution < -0.4 is 0 Å². The van der Waals surface area contributed by atoms with Gasteiger partial charge in [-0.2, -0.15) is 0 Å². The Morgan fingerprint density at radius 3 is 2.29 bits per heavy atom. The number of carbonyl (C=O) groups excluding carboxylic acids is 1. The first-order valence-electron chi connectivity index (χ1n) is 6.62. The van der Waals surface area contributed by atoms with Crippen LogP contribution in [0, 0.1) is 32.6 Å². The Morgan fingerprint density at radius 1 is 1.06 bits per heavy atom. The van der Waals surface area contributed by atoms with Gasteiger partial charge in [0.15, 0.2) is 5.78 Å². The fraction of sp³-hybridized carbons (Fsp3) is 0.562. The Bertz CT molecular complexity index is 445. The van der Waals surface area contributed by atoms with Crippen molar-refractivity contribution >= 4 is 5.78 Å². The lowest BCUT2D eigenvalue weighted by molar-refractivity contribution is 0.0896. The predicted molar refractivity (Wildman–Crippen MR) is 71.5 cm³/mol. The van der Waals surface area contributed by atoms with Crippen LogP contribution in [-0.2, 0) is 0 Å². The summed E-state index contributed by atoms with van der Waals surface area (Å²) in [6, 6.07) is 4.22. The van der Waals surface area contributed by atoms with Gasteiger partial charge < -0.3 is 0 Å². The van der Waals surface area contributed by atoms with Crippen LogP contribution in [0.3, 0.4) is 0 Å². The molecule has 0 heterocycles. The van der Waals surface area contributed by atoms with Crippen LogP contribution in [0.15, 0.2) is 12.1 Å². The maximum atomic E-state index is 12.5. The molecule has 2 rings (SSSR count). The monoisotopic (exact) mass is 230 g/mol. The van der Waals surface area contributed by atoms with Crippen LogP contribution in [0.1, 0.15) is 53.2 Å². The van der Waals surface area contributed by atoms with Crippen molar-refractivity contribution in [2.45, 2.75) is 47.0 Å². The standard InChI is InChI=1S/C16H22O/c1-10-6-5-7-14(10)16(17)15-9-12(3)11(2)8-13(15)4/h8-10,14H,5-7H2,1-4H3. The summed E-state index contributed by atoms with van der Waals surface area (Å²) in [4.78, 5) is 12.5. The highest BCUT2D eigenvalue weighted by Gasteiger charge is 2.30. The highest BCUT2D eigenvalue weighted by atomic mass is 16.1. The van der Waals surface area contributed by atoms with Gasteiger partial charge in [-0.3, -0.25) is 4.79 Å². The SMILES string of the molecule is Cc1cc(C)c(C(=O)C2CCCC2C)cc1C. The molecule has 1 fully saturated rings. The molecule has 1 aromatic rings. The fourth-order valence-electron chi connectivity index (χ4n) is 2.96. The van der Waals surface area contributed by atoms with Crippen molar-refractivity contribution in [1.29, 1.82) is 0 Å². The van der Waals surface area contributed by atoms with Crippen molar-refractivity contribution in [2.24, 2.45) is 11.8 Å². The van der Waals surface area contributed by atoms with Crippen molar-refractivity contribution in [3.05, 3.63) is 34.4 Å². The molecule has 2 atom stereocenters. The highest BCUT2D eigenvalue weighted by molar-refractivity contribution is 5.99. The van der Waals surface area contributed by atoms with Gasteiger partial charge in [-0.1, -0.05) is 19.4 Å². The van der Waals surface area contributed by atoms with Crippen LogP contribution in [-0.4, -0.2) is 5.78 Å². The van der Waals surface area contributed by atoms with E-state index in [4.69, 9.17) is 0 Å². The minimum atomic E-state index is 0.260. The average molecular weight is 230 g/mol. The Kier molecular flexibility index (Phi) is 3.37. The number of benzene rings is 1. The molecule has 0 N–H and O–H groups in total. The smallest absolute Gasteiger partial charge is 0.166 e. The van der Waals surface area contributed by atoms with Crippen LogP contribution in [0.25, 0.3) is 0 Å². The first-order valence-corrected chi connectivity index (χ1v) is 6.62. The van der Waals surface area contributed by atoms with Gasteiger partial charge in [0.25, 0.3) is 0 Å². The van der Waals surface area contributed by atoms with Crippen molar-refractivity contribution in [3.8, 4) is 0 Å². The third-order valence-corrected chi connectivity index (χ3v) is 4.30. The molecule has 17 heavy (non-hydrogen) atoms. The van der Waals surface area contributed by atoms with E-state index in [1.165, 1.54) is 24.0 Å². The molecule has 1 saturated carbocycles. The molecule has 1 aliphatic carbocycles. The largest absolute Gasteiger partial charge is 0.294 e. The highest BCUT2D eigenvalue weighted by Crippen LogP contribution is 2.34. The molecule has 0 saturated heterocycles. The second-order valence-electron chi connectivity index (χ2n) is 5.63. The van der Waals surface area contributed by atoms with Gasteiger partial charge in [0.2, 0.25) is 0 Å². The normalized spacial score (nSPS) is 24.0. The first-order chi connectivity index (χ1) is 8.00. The molecule has 0 aliphatic heterocycles. The van der Waals surface area contributed by atoms with Gasteiger partial charge in [-0.05, 0) is 62.3 Å². The van der Waals surface area contributed by atoms with Crippen LogP contribution >= 0.6 is 0 Å². The zero-order chi connectivity index (χ0) is 12.6. The summed E-state index contributed by atoms with van der Waals surface area (Å²) in [6.45, 7) is 8.46. The van der Waals surface area contributed by atoms with E-state index in [1.807, 2.05) is 0 Å². The lowest BCUT2D eigenvalue weighted by atomic mass is 9.86. The predicted octanol–water partition coefficient (Wildman–Crippen LogP) is 4.23. The van der Waals surface area contributed by atoms with E-state index < -0.39 is 0 Å². The molecule has 2 unspecified atom stereocenters. The van der Waals surface area contributed by atoms with Crippen molar-refractivity contribution in [2.75, 3.05) is 0 Å². The third kappa shape index (κ3) is 2.29. The Labute approximate surface area is 104 Å². The summed E-state index contributed by atoms with van der Waals surface area (Å²) >= 11 is 0. The molecule has 1 heteroatoms. The first kappa shape index (κ1) is 12.3. The second-order valence-corrected chi connectivity index (χ2v) is 5.63. The number of hydrogen-bond donors (Lipinski definition) is 0. The number of carbonyl (C=O) groups is 1. The second kappa shape index (κ2) is 4.64. The van der Waals surface area contributed by atoms with Crippen LogP contribution in [0.5, 0.6) is 0 Å². The van der Waals surface area contributed by atoms with Gasteiger partial charge >= 0.3 is 0 Å². The minimum absolute atomic E-state index is 0.260. The van der Waals surface area contributed by atoms with Crippen molar-refractivity contribution in [1.82, 2.24) is 0 Å². The summed E-state index contributed by atoms with van der Waals surface area (Å²) in [5.74, 6) is 1.19. The van der Waals surface area contributed by atoms with Gasteiger partial charge in [0.05, 0.1) is 0 Å². The number of ketones is 1. The lowest BCUT2D eigenvalue weighted by Gasteiger charge is -2.16. The number of hydrogen-bond acceptors (Lipinski definition) is 1. The summed E-state index contributed by atoms with van der Waals surface area (Å²) < 4.78 is 0. The molecule has 0 aromatic heterocycles. The molecule has 1 aliphatic rings. The molecule has 0 amide bonds. The summed E-state index contributed by atoms with van der Waals surface area (Å²) in [6.07, 6.45) is 3.49. The van der Waals surface area contributed by atoms with E-state index in [2.05, 4.69) is 39.8 Å². The third-order valence-electron chi connectivity index (χ3n) is 4.30. The van der Waals surface area contributed by atoms with Crippen LogP contribution in [0.4, 0.5) is 0 Å².